The van der Waals surface area contributed by atoms with Crippen molar-refractivity contribution in [1.82, 2.24) is 4.90 Å². The van der Waals surface area contributed by atoms with Crippen LogP contribution in [0, 0.1) is 5.92 Å². The van der Waals surface area contributed by atoms with Crippen molar-refractivity contribution >= 4 is 5.97 Å². The highest BCUT2D eigenvalue weighted by molar-refractivity contribution is 5.75. The molecule has 0 amide bonds. The van der Waals surface area contributed by atoms with Crippen LogP contribution in [0.25, 0.3) is 0 Å². The molecule has 2 heterocycles. The lowest BCUT2D eigenvalue weighted by Gasteiger charge is -2.56. The zero-order chi connectivity index (χ0) is 25.7. The highest BCUT2D eigenvalue weighted by atomic mass is 16.5. The molecule has 0 radical (unpaired) electrons. The molecule has 0 aromatic heterocycles. The van der Waals surface area contributed by atoms with Crippen molar-refractivity contribution in [2.24, 2.45) is 5.92 Å². The smallest absolute Gasteiger partial charge is 0.337 e. The molecule has 1 fully saturated rings. The number of benzene rings is 1. The molecule has 9 atom stereocenters. The van der Waals surface area contributed by atoms with Gasteiger partial charge in [-0.15, -0.1) is 0 Å². The third kappa shape index (κ3) is 4.01. The number of phenolic OH excluding ortho intramolecular Hbond substituents is 1. The maximum absolute atomic E-state index is 10.7. The van der Waals surface area contributed by atoms with E-state index in [2.05, 4.69) is 22.8 Å². The quantitative estimate of drug-likeness (QED) is 0.174. The Morgan fingerprint density at radius 3 is 2.60 bits per heavy atom. The van der Waals surface area contributed by atoms with Crippen molar-refractivity contribution in [3.05, 3.63) is 35.4 Å². The van der Waals surface area contributed by atoms with Gasteiger partial charge in [-0.2, -0.15) is 0 Å². The Labute approximate surface area is 202 Å². The zero-order valence-electron chi connectivity index (χ0n) is 19.6. The third-order valence-corrected chi connectivity index (χ3v) is 7.85. The van der Waals surface area contributed by atoms with Gasteiger partial charge in [0.05, 0.1) is 13.7 Å². The number of nitrogens with zero attached hydrogens (tertiary/aromatic N) is 1. The number of phenols is 1. The minimum Gasteiger partial charge on any atom is -0.504 e. The third-order valence-electron chi connectivity index (χ3n) is 7.85. The number of aliphatic hydroxyl groups is 6. The van der Waals surface area contributed by atoms with E-state index in [0.717, 1.165) is 26.5 Å². The number of hydrogen-bond donors (Lipinski definition) is 7. The van der Waals surface area contributed by atoms with Gasteiger partial charge in [0, 0.05) is 22.9 Å². The second-order valence-electron chi connectivity index (χ2n) is 9.63. The van der Waals surface area contributed by atoms with E-state index in [1.807, 2.05) is 12.1 Å². The standard InChI is InChI=1S/C17H19NO3.C7H14O7/c1-18-7-6-17-10-3-5-13(20)16(17)21-15-12(19)4-2-9(14(15)17)8-11(10)18;1-14-7(13)6(12)5(11)4(10)3(9)2-8/h2-5,10-11,13,16,19-20H,6-8H2,1H3;3-6,8-12H,2H2,1H3/t10-,11+,13?,16?,17-;/m0./s1. The van der Waals surface area contributed by atoms with Gasteiger partial charge in [-0.05, 0) is 38.1 Å². The highest BCUT2D eigenvalue weighted by Crippen LogP contribution is 2.62. The van der Waals surface area contributed by atoms with E-state index >= 15 is 0 Å². The lowest BCUT2D eigenvalue weighted by molar-refractivity contribution is -0.167. The molecule has 1 aromatic carbocycles. The summed E-state index contributed by atoms with van der Waals surface area (Å²) in [5, 5.41) is 65.2. The number of ether oxygens (including phenoxy) is 2. The molecule has 194 valence electrons. The second-order valence-corrected chi connectivity index (χ2v) is 9.63. The minimum absolute atomic E-state index is 0.160. The number of carbonyl (C=O) groups is 1. The van der Waals surface area contributed by atoms with Gasteiger partial charge in [-0.1, -0.05) is 18.2 Å². The van der Waals surface area contributed by atoms with Crippen molar-refractivity contribution in [2.75, 3.05) is 27.3 Å². The van der Waals surface area contributed by atoms with Crippen molar-refractivity contribution in [3.8, 4) is 11.5 Å². The topological polar surface area (TPSA) is 180 Å². The molecule has 1 spiro atoms. The van der Waals surface area contributed by atoms with Crippen LogP contribution in [0.5, 0.6) is 11.5 Å². The van der Waals surface area contributed by atoms with Crippen molar-refractivity contribution < 1.29 is 50.0 Å². The zero-order valence-corrected chi connectivity index (χ0v) is 19.6. The van der Waals surface area contributed by atoms with Gasteiger partial charge in [0.25, 0.3) is 0 Å². The predicted molar refractivity (Wildman–Crippen MR) is 121 cm³/mol. The van der Waals surface area contributed by atoms with Crippen molar-refractivity contribution in [3.63, 3.8) is 0 Å². The summed E-state index contributed by atoms with van der Waals surface area (Å²) in [6.45, 7) is 0.211. The summed E-state index contributed by atoms with van der Waals surface area (Å²) in [7, 11) is 3.18. The number of aliphatic hydroxyl groups excluding tert-OH is 6. The molecule has 2 bridgehead atoms. The van der Waals surface area contributed by atoms with Crippen molar-refractivity contribution in [1.29, 1.82) is 0 Å². The number of likely N-dealkylation sites (tertiary alicyclic amines) is 1. The normalized spacial score (nSPS) is 33.4. The van der Waals surface area contributed by atoms with Crippen molar-refractivity contribution in [2.45, 2.75) is 60.9 Å². The molecular formula is C24H33NO10. The van der Waals surface area contributed by atoms with E-state index < -0.39 is 43.1 Å². The number of carbonyl (C=O) groups excluding carboxylic acids is 1. The summed E-state index contributed by atoms with van der Waals surface area (Å²) in [6.07, 6.45) is -2.16. The minimum atomic E-state index is -1.96. The van der Waals surface area contributed by atoms with E-state index in [0.29, 0.717) is 17.7 Å². The summed E-state index contributed by atoms with van der Waals surface area (Å²) in [6, 6.07) is 4.23. The molecule has 2 aliphatic carbocycles. The number of esters is 1. The predicted octanol–water partition coefficient (Wildman–Crippen LogP) is -2.21. The Hall–Kier alpha value is -2.25. The molecule has 0 saturated carbocycles. The van der Waals surface area contributed by atoms with Gasteiger partial charge < -0.3 is 50.1 Å². The first-order chi connectivity index (χ1) is 16.6. The summed E-state index contributed by atoms with van der Waals surface area (Å²) in [5.41, 5.74) is 2.29. The van der Waals surface area contributed by atoms with Gasteiger partial charge in [-0.3, -0.25) is 0 Å². The summed E-state index contributed by atoms with van der Waals surface area (Å²) in [4.78, 5) is 13.1. The summed E-state index contributed by atoms with van der Waals surface area (Å²) >= 11 is 0. The first-order valence-electron chi connectivity index (χ1n) is 11.6. The van der Waals surface area contributed by atoms with Crippen LogP contribution in [0.3, 0.4) is 0 Å². The highest BCUT2D eigenvalue weighted by Gasteiger charge is 2.64. The lowest BCUT2D eigenvalue weighted by atomic mass is 9.53. The van der Waals surface area contributed by atoms with Gasteiger partial charge >= 0.3 is 5.97 Å². The maximum Gasteiger partial charge on any atom is 0.337 e. The molecule has 6 unspecified atom stereocenters. The summed E-state index contributed by atoms with van der Waals surface area (Å²) in [5.74, 6) is 0.0518. The van der Waals surface area contributed by atoms with E-state index in [-0.39, 0.29) is 17.3 Å². The Kier molecular flexibility index (Phi) is 7.13. The van der Waals surface area contributed by atoms with Crippen LogP contribution in [-0.4, -0.2) is 117 Å². The number of hydrogen-bond acceptors (Lipinski definition) is 11. The number of rotatable bonds is 5. The monoisotopic (exact) mass is 495 g/mol. The fraction of sp³-hybridized carbons (Fsp3) is 0.625. The molecule has 2 aliphatic heterocycles. The van der Waals surface area contributed by atoms with Gasteiger partial charge in [0.1, 0.15) is 30.5 Å². The Morgan fingerprint density at radius 2 is 1.94 bits per heavy atom. The van der Waals surface area contributed by atoms with Crippen LogP contribution in [0.15, 0.2) is 24.3 Å². The van der Waals surface area contributed by atoms with Crippen LogP contribution < -0.4 is 4.74 Å². The van der Waals surface area contributed by atoms with Gasteiger partial charge in [0.15, 0.2) is 17.6 Å². The largest absolute Gasteiger partial charge is 0.504 e. The van der Waals surface area contributed by atoms with E-state index in [4.69, 9.17) is 30.3 Å². The van der Waals surface area contributed by atoms with Crippen LogP contribution >= 0.6 is 0 Å². The van der Waals surface area contributed by atoms with E-state index in [1.54, 1.807) is 6.07 Å². The molecule has 4 aliphatic rings. The van der Waals surface area contributed by atoms with Gasteiger partial charge in [0.2, 0.25) is 0 Å². The fourth-order valence-electron chi connectivity index (χ4n) is 6.02. The van der Waals surface area contributed by atoms with Crippen LogP contribution in [0.4, 0.5) is 0 Å². The molecule has 1 aromatic rings. The Morgan fingerprint density at radius 1 is 1.23 bits per heavy atom. The van der Waals surface area contributed by atoms with Crippen LogP contribution in [-0.2, 0) is 21.4 Å². The summed E-state index contributed by atoms with van der Waals surface area (Å²) < 4.78 is 10.2. The van der Waals surface area contributed by atoms with E-state index in [9.17, 15) is 15.0 Å². The van der Waals surface area contributed by atoms with E-state index in [1.165, 1.54) is 11.1 Å². The number of aromatic hydroxyl groups is 1. The second kappa shape index (κ2) is 9.66. The molecule has 11 heteroatoms. The fourth-order valence-corrected chi connectivity index (χ4v) is 6.02. The SMILES string of the molecule is CN1CC[C@]23c4c5ccc(O)c4OC2C(O)C=C[C@H]3[C@H]1C5.COC(=O)C(O)C(O)C(O)C(O)CO. The van der Waals surface area contributed by atoms with Crippen LogP contribution in [0.1, 0.15) is 17.5 Å². The molecule has 7 N–H and O–H groups in total. The molecule has 1 saturated heterocycles. The number of likely N-dealkylation sites (N-methyl/N-ethyl adjacent to an activating group) is 1. The molecular weight excluding hydrogens is 462 g/mol. The average Bonchev–Trinajstić information content (AvgIpc) is 3.23. The number of methoxy groups -OCH3 is 1. The maximum atomic E-state index is 10.7. The molecule has 5 rings (SSSR count). The van der Waals surface area contributed by atoms with Crippen LogP contribution in [0.2, 0.25) is 0 Å². The van der Waals surface area contributed by atoms with Gasteiger partial charge in [-0.25, -0.2) is 4.79 Å². The Balaban J connectivity index is 0.000000183. The average molecular weight is 496 g/mol. The number of piperidine rings is 1. The lowest BCUT2D eigenvalue weighted by Crippen LogP contribution is -2.64. The Bertz CT molecular complexity index is 985. The first-order valence-corrected chi connectivity index (χ1v) is 11.6. The first kappa shape index (κ1) is 25.8. The molecule has 35 heavy (non-hydrogen) atoms. The molecule has 11 nitrogen and oxygen atoms in total.